The summed E-state index contributed by atoms with van der Waals surface area (Å²) in [5, 5.41) is 17.1. The highest BCUT2D eigenvalue weighted by Gasteiger charge is 2.33. The smallest absolute Gasteiger partial charge is 0.315 e. The molecule has 1 saturated heterocycles. The minimum absolute atomic E-state index is 0. The lowest BCUT2D eigenvalue weighted by Crippen LogP contribution is -2.46. The van der Waals surface area contributed by atoms with Crippen molar-refractivity contribution in [3.05, 3.63) is 29.8 Å². The molecular formula is C18H26ClN5O5. The summed E-state index contributed by atoms with van der Waals surface area (Å²) in [7, 11) is 0. The Morgan fingerprint density at radius 3 is 2.66 bits per heavy atom. The number of carbonyl (C=O) groups is 3. The van der Waals surface area contributed by atoms with E-state index in [0.717, 1.165) is 5.56 Å². The zero-order valence-corrected chi connectivity index (χ0v) is 17.1. The Hall–Kier alpha value is -2.85. The Kier molecular flexibility index (Phi) is 9.90. The van der Waals surface area contributed by atoms with Gasteiger partial charge >= 0.3 is 12.0 Å². The molecule has 3 amide bonds. The van der Waals surface area contributed by atoms with Gasteiger partial charge in [0.25, 0.3) is 0 Å². The molecule has 11 heteroatoms. The van der Waals surface area contributed by atoms with E-state index in [-0.39, 0.29) is 43.4 Å². The van der Waals surface area contributed by atoms with E-state index in [2.05, 4.69) is 15.7 Å². The van der Waals surface area contributed by atoms with Crippen molar-refractivity contribution in [1.82, 2.24) is 16.2 Å². The quantitative estimate of drug-likeness (QED) is 0.279. The van der Waals surface area contributed by atoms with Crippen molar-refractivity contribution in [3.8, 4) is 0 Å². The SMILES string of the molecule is CC(C)OC(=O)CCNC(=O)N[C@H]1CCN(c2ccc(C=NNO)cc2)C1=O.Cl. The molecule has 29 heavy (non-hydrogen) atoms. The molecule has 1 aromatic rings. The van der Waals surface area contributed by atoms with Crippen LogP contribution in [0, 0.1) is 0 Å². The lowest BCUT2D eigenvalue weighted by Gasteiger charge is -2.17. The second-order valence-electron chi connectivity index (χ2n) is 6.47. The molecule has 0 unspecified atom stereocenters. The maximum atomic E-state index is 12.5. The number of hydrazone groups is 1. The van der Waals surface area contributed by atoms with Gasteiger partial charge in [0.05, 0.1) is 18.7 Å². The van der Waals surface area contributed by atoms with Crippen molar-refractivity contribution in [2.75, 3.05) is 18.0 Å². The van der Waals surface area contributed by atoms with E-state index in [1.165, 1.54) is 6.21 Å². The summed E-state index contributed by atoms with van der Waals surface area (Å²) in [4.78, 5) is 37.5. The molecule has 0 saturated carbocycles. The number of ether oxygens (including phenoxy) is 1. The van der Waals surface area contributed by atoms with Gasteiger partial charge in [-0.2, -0.15) is 10.7 Å². The zero-order valence-electron chi connectivity index (χ0n) is 16.3. The van der Waals surface area contributed by atoms with Crippen LogP contribution in [0.1, 0.15) is 32.3 Å². The fourth-order valence-corrected chi connectivity index (χ4v) is 2.72. The maximum Gasteiger partial charge on any atom is 0.315 e. The normalized spacial score (nSPS) is 15.9. The van der Waals surface area contributed by atoms with Crippen molar-refractivity contribution in [1.29, 1.82) is 0 Å². The van der Waals surface area contributed by atoms with Gasteiger partial charge in [0.15, 0.2) is 0 Å². The third-order valence-corrected chi connectivity index (χ3v) is 3.97. The van der Waals surface area contributed by atoms with E-state index in [1.807, 2.05) is 0 Å². The molecule has 0 radical (unpaired) electrons. The molecule has 0 bridgehead atoms. The lowest BCUT2D eigenvalue weighted by molar-refractivity contribution is -0.147. The van der Waals surface area contributed by atoms with Crippen molar-refractivity contribution in [3.63, 3.8) is 0 Å². The van der Waals surface area contributed by atoms with Crippen LogP contribution in [0.25, 0.3) is 0 Å². The Balaban J connectivity index is 0.00000420. The van der Waals surface area contributed by atoms with Gasteiger partial charge in [0.1, 0.15) is 6.04 Å². The van der Waals surface area contributed by atoms with E-state index in [9.17, 15) is 14.4 Å². The predicted octanol–water partition coefficient (Wildman–Crippen LogP) is 1.17. The number of nitrogens with zero attached hydrogens (tertiary/aromatic N) is 2. The van der Waals surface area contributed by atoms with Crippen molar-refractivity contribution >= 4 is 42.2 Å². The number of hydrogen-bond donors (Lipinski definition) is 4. The summed E-state index contributed by atoms with van der Waals surface area (Å²) in [6.45, 7) is 4.12. The lowest BCUT2D eigenvalue weighted by atomic mass is 10.2. The van der Waals surface area contributed by atoms with Gasteiger partial charge < -0.3 is 20.3 Å². The van der Waals surface area contributed by atoms with E-state index in [0.29, 0.717) is 18.7 Å². The van der Waals surface area contributed by atoms with Crippen molar-refractivity contribution in [2.24, 2.45) is 5.10 Å². The molecule has 1 aliphatic rings. The van der Waals surface area contributed by atoms with Gasteiger partial charge in [-0.25, -0.2) is 4.79 Å². The molecule has 0 aromatic heterocycles. The number of hydrogen-bond acceptors (Lipinski definition) is 7. The first-order chi connectivity index (χ1) is 13.4. The molecule has 4 N–H and O–H groups in total. The molecule has 1 aliphatic heterocycles. The molecule has 160 valence electrons. The number of urea groups is 1. The van der Waals surface area contributed by atoms with Crippen LogP contribution in [0.2, 0.25) is 0 Å². The van der Waals surface area contributed by atoms with E-state index < -0.39 is 12.1 Å². The Morgan fingerprint density at radius 2 is 2.03 bits per heavy atom. The third kappa shape index (κ3) is 7.59. The predicted molar refractivity (Wildman–Crippen MR) is 109 cm³/mol. The van der Waals surface area contributed by atoms with Gasteiger partial charge in [-0.15, -0.1) is 12.4 Å². The number of carbonyl (C=O) groups excluding carboxylic acids is 3. The van der Waals surface area contributed by atoms with Gasteiger partial charge in [0, 0.05) is 18.8 Å². The second-order valence-corrected chi connectivity index (χ2v) is 6.47. The number of esters is 1. The number of halogens is 1. The summed E-state index contributed by atoms with van der Waals surface area (Å²) >= 11 is 0. The molecule has 1 heterocycles. The molecule has 10 nitrogen and oxygen atoms in total. The Morgan fingerprint density at radius 1 is 1.34 bits per heavy atom. The van der Waals surface area contributed by atoms with Crippen LogP contribution >= 0.6 is 12.4 Å². The Labute approximate surface area is 175 Å². The average Bonchev–Trinajstić information content (AvgIpc) is 3.00. The topological polar surface area (TPSA) is 132 Å². The van der Waals surface area contributed by atoms with Crippen LogP contribution in [-0.2, 0) is 14.3 Å². The van der Waals surface area contributed by atoms with Crippen LogP contribution in [0.15, 0.2) is 29.4 Å². The minimum atomic E-state index is -0.623. The maximum absolute atomic E-state index is 12.5. The fraction of sp³-hybridized carbons (Fsp3) is 0.444. The summed E-state index contributed by atoms with van der Waals surface area (Å²) in [5.74, 6) is -0.588. The largest absolute Gasteiger partial charge is 0.463 e. The zero-order chi connectivity index (χ0) is 20.5. The van der Waals surface area contributed by atoms with E-state index in [1.54, 1.807) is 48.6 Å². The van der Waals surface area contributed by atoms with Crippen molar-refractivity contribution < 1.29 is 24.3 Å². The van der Waals surface area contributed by atoms with Gasteiger partial charge in [-0.05, 0) is 38.0 Å². The van der Waals surface area contributed by atoms with Gasteiger partial charge in [-0.1, -0.05) is 12.1 Å². The number of rotatable bonds is 8. The average molecular weight is 428 g/mol. The van der Waals surface area contributed by atoms with E-state index >= 15 is 0 Å². The molecule has 0 spiro atoms. The Bertz CT molecular complexity index is 726. The van der Waals surface area contributed by atoms with Crippen molar-refractivity contribution in [2.45, 2.75) is 38.8 Å². The second kappa shape index (κ2) is 11.9. The number of anilines is 1. The van der Waals surface area contributed by atoms with Gasteiger partial charge in [-0.3, -0.25) is 14.8 Å². The number of amides is 3. The van der Waals surface area contributed by atoms with Gasteiger partial charge in [0.2, 0.25) is 5.91 Å². The number of nitrogens with one attached hydrogen (secondary N) is 3. The van der Waals surface area contributed by atoms with Crippen LogP contribution < -0.4 is 21.1 Å². The van der Waals surface area contributed by atoms with Crippen LogP contribution in [0.5, 0.6) is 0 Å². The number of benzene rings is 1. The molecule has 0 aliphatic carbocycles. The summed E-state index contributed by atoms with van der Waals surface area (Å²) in [5.41, 5.74) is 3.14. The highest BCUT2D eigenvalue weighted by molar-refractivity contribution is 6.01. The molecule has 2 rings (SSSR count). The summed E-state index contributed by atoms with van der Waals surface area (Å²) < 4.78 is 4.98. The molecular weight excluding hydrogens is 402 g/mol. The fourth-order valence-electron chi connectivity index (χ4n) is 2.72. The monoisotopic (exact) mass is 427 g/mol. The van der Waals surface area contributed by atoms with Crippen LogP contribution in [-0.4, -0.2) is 54.6 Å². The standard InChI is InChI=1S/C18H25N5O5.ClH/c1-12(2)28-16(24)7-9-19-18(26)21-15-8-10-23(17(15)25)14-5-3-13(4-6-14)11-20-22-27;/h3-6,11-12,15,22,27H,7-10H2,1-2H3,(H2,19,21,26);1H/t15-;/m0./s1. The first-order valence-electron chi connectivity index (χ1n) is 8.98. The summed E-state index contributed by atoms with van der Waals surface area (Å²) in [6.07, 6.45) is 1.79. The molecule has 1 atom stereocenters. The van der Waals surface area contributed by atoms with E-state index in [4.69, 9.17) is 9.94 Å². The minimum Gasteiger partial charge on any atom is -0.463 e. The molecule has 1 aromatic carbocycles. The van der Waals surface area contributed by atoms with Crippen LogP contribution in [0.4, 0.5) is 10.5 Å². The first kappa shape index (κ1) is 24.2. The third-order valence-electron chi connectivity index (χ3n) is 3.97. The molecule has 1 fully saturated rings. The first-order valence-corrected chi connectivity index (χ1v) is 8.98. The van der Waals surface area contributed by atoms with Crippen LogP contribution in [0.3, 0.4) is 0 Å². The highest BCUT2D eigenvalue weighted by atomic mass is 35.5. The highest BCUT2D eigenvalue weighted by Crippen LogP contribution is 2.21. The summed E-state index contributed by atoms with van der Waals surface area (Å²) in [6, 6.07) is 5.92.